The third kappa shape index (κ3) is 12.5. The van der Waals surface area contributed by atoms with Crippen LogP contribution in [-0.2, 0) is 33.5 Å². The summed E-state index contributed by atoms with van der Waals surface area (Å²) in [7, 11) is 1.50. The molecule has 0 aliphatic carbocycles. The molecule has 1 aliphatic rings. The number of ether oxygens (including phenoxy) is 1. The number of carbonyl (C=O) groups excluding carboxylic acids is 6. The number of likely N-dealkylation sites (N-methyl/N-ethyl adjacent to an activating group) is 1. The number of rotatable bonds is 11. The topological polar surface area (TPSA) is 203 Å². The van der Waals surface area contributed by atoms with Gasteiger partial charge >= 0.3 is 5.97 Å². The normalized spacial score (nSPS) is 27.8. The quantitative estimate of drug-likeness (QED) is 0.134. The largest absolute Gasteiger partial charge is 0.460 e. The Morgan fingerprint density at radius 1 is 0.870 bits per heavy atom. The van der Waals surface area contributed by atoms with Crippen molar-refractivity contribution in [1.29, 1.82) is 0 Å². The molecule has 1 aliphatic heterocycles. The van der Waals surface area contributed by atoms with Crippen LogP contribution in [-0.4, -0.2) is 107 Å². The maximum Gasteiger partial charge on any atom is 0.325 e. The van der Waals surface area contributed by atoms with Crippen molar-refractivity contribution in [1.82, 2.24) is 26.2 Å². The number of unbranched alkanes of at least 4 members (excludes halogenated alkanes) is 3. The summed E-state index contributed by atoms with van der Waals surface area (Å²) in [4.78, 5) is 81.3. The Bertz CT molecular complexity index is 1040. The van der Waals surface area contributed by atoms with Gasteiger partial charge in [-0.2, -0.15) is 0 Å². The number of amides is 5. The van der Waals surface area contributed by atoms with Crippen molar-refractivity contribution in [3.63, 3.8) is 0 Å². The van der Waals surface area contributed by atoms with Crippen molar-refractivity contribution in [3.8, 4) is 0 Å². The average molecular weight is 656 g/mol. The molecule has 0 aromatic rings. The van der Waals surface area contributed by atoms with E-state index in [4.69, 9.17) is 4.74 Å². The molecule has 1 heterocycles. The minimum Gasteiger partial charge on any atom is -0.460 e. The second-order valence-corrected chi connectivity index (χ2v) is 12.8. The van der Waals surface area contributed by atoms with E-state index < -0.39 is 96.9 Å². The summed E-state index contributed by atoms with van der Waals surface area (Å²) in [5, 5.41) is 30.0. The number of aliphatic hydroxyl groups is 2. The number of hydrogen-bond donors (Lipinski definition) is 6. The van der Waals surface area contributed by atoms with Crippen molar-refractivity contribution >= 4 is 35.5 Å². The first-order chi connectivity index (χ1) is 21.6. The van der Waals surface area contributed by atoms with E-state index in [0.717, 1.165) is 19.3 Å². The minimum absolute atomic E-state index is 0.00519. The third-order valence-electron chi connectivity index (χ3n) is 8.46. The first-order valence-corrected chi connectivity index (χ1v) is 16.5. The first-order valence-electron chi connectivity index (χ1n) is 16.5. The van der Waals surface area contributed by atoms with Gasteiger partial charge in [0.2, 0.25) is 29.5 Å². The number of nitrogens with one attached hydrogen (secondary N) is 4. The predicted molar refractivity (Wildman–Crippen MR) is 171 cm³/mol. The van der Waals surface area contributed by atoms with Gasteiger partial charge in [0.15, 0.2) is 0 Å². The summed E-state index contributed by atoms with van der Waals surface area (Å²) in [5.41, 5.74) is 0. The van der Waals surface area contributed by atoms with Gasteiger partial charge in [0, 0.05) is 7.05 Å². The van der Waals surface area contributed by atoms with Gasteiger partial charge in [-0.05, 0) is 38.0 Å². The van der Waals surface area contributed by atoms with E-state index in [0.29, 0.717) is 19.3 Å². The highest BCUT2D eigenvalue weighted by Crippen LogP contribution is 2.22. The second-order valence-electron chi connectivity index (χ2n) is 12.8. The van der Waals surface area contributed by atoms with Gasteiger partial charge in [-0.15, -0.1) is 0 Å². The molecule has 0 aromatic heterocycles. The van der Waals surface area contributed by atoms with Crippen LogP contribution in [0.5, 0.6) is 0 Å². The molecule has 0 spiro atoms. The van der Waals surface area contributed by atoms with E-state index >= 15 is 0 Å². The predicted octanol–water partition coefficient (Wildman–Crippen LogP) is 0.381. The van der Waals surface area contributed by atoms with Gasteiger partial charge in [-0.25, -0.2) is 0 Å². The summed E-state index contributed by atoms with van der Waals surface area (Å²) < 4.78 is 5.71. The summed E-state index contributed by atoms with van der Waals surface area (Å²) in [6.45, 7) is 10.9. The van der Waals surface area contributed by atoms with E-state index in [-0.39, 0.29) is 12.3 Å². The fraction of sp³-hybridized carbons (Fsp3) is 0.812. The van der Waals surface area contributed by atoms with Crippen LogP contribution < -0.4 is 21.3 Å². The molecule has 0 saturated carbocycles. The molecule has 5 amide bonds. The zero-order chi connectivity index (χ0) is 35.1. The standard InChI is InChI=1S/C32H57N5O9/c1-9-11-12-13-14-24-20(6)32(45)37(8)23(15-18(3)4)29(42)35-26(19(5)10-2)31(44)34-22(17-38)28(41)36-27(21(7)39)30(43)33-16-25(40)46-24/h18-24,26-27,38-39H,9-17H2,1-8H3,(H,33,43)(H,34,44)(H,35,42)(H,36,41)/t19-,20-,21+,22+,23?,24-,26+,27+/m1/s1. The molecule has 264 valence electrons. The number of hydrogen-bond acceptors (Lipinski definition) is 9. The molecule has 1 fully saturated rings. The highest BCUT2D eigenvalue weighted by Gasteiger charge is 2.38. The van der Waals surface area contributed by atoms with Crippen LogP contribution >= 0.6 is 0 Å². The van der Waals surface area contributed by atoms with E-state index in [1.807, 2.05) is 20.8 Å². The molecule has 1 rings (SSSR count). The van der Waals surface area contributed by atoms with Crippen molar-refractivity contribution in [2.75, 3.05) is 20.2 Å². The van der Waals surface area contributed by atoms with Gasteiger partial charge in [-0.3, -0.25) is 28.8 Å². The Morgan fingerprint density at radius 3 is 2.04 bits per heavy atom. The third-order valence-corrected chi connectivity index (χ3v) is 8.46. The first kappa shape index (κ1) is 40.8. The van der Waals surface area contributed by atoms with Crippen LogP contribution in [0.25, 0.3) is 0 Å². The SMILES string of the molecule is CCCCCC[C@H]1OC(=O)CNC(=O)[C@H]([C@H](C)O)NC(=O)[C@H](CO)NC(=O)[C@H]([C@H](C)CC)NC(=O)C(CC(C)C)N(C)C(=O)[C@@H]1C. The average Bonchev–Trinajstić information content (AvgIpc) is 3.01. The maximum atomic E-state index is 13.9. The fourth-order valence-corrected chi connectivity index (χ4v) is 5.25. The summed E-state index contributed by atoms with van der Waals surface area (Å²) >= 11 is 0. The molecular formula is C32H57N5O9. The van der Waals surface area contributed by atoms with E-state index in [1.165, 1.54) is 18.9 Å². The lowest BCUT2D eigenvalue weighted by Crippen LogP contribution is -2.61. The molecule has 1 unspecified atom stereocenters. The minimum atomic E-state index is -1.53. The highest BCUT2D eigenvalue weighted by molar-refractivity contribution is 5.96. The number of nitrogens with zero attached hydrogens (tertiary/aromatic N) is 1. The van der Waals surface area contributed by atoms with Crippen LogP contribution in [0.2, 0.25) is 0 Å². The lowest BCUT2D eigenvalue weighted by Gasteiger charge is -2.34. The van der Waals surface area contributed by atoms with Gasteiger partial charge < -0.3 is 41.1 Å². The van der Waals surface area contributed by atoms with Crippen LogP contribution in [0.15, 0.2) is 0 Å². The van der Waals surface area contributed by atoms with Crippen molar-refractivity contribution in [2.24, 2.45) is 17.8 Å². The molecule has 14 nitrogen and oxygen atoms in total. The van der Waals surface area contributed by atoms with E-state index in [9.17, 15) is 39.0 Å². The van der Waals surface area contributed by atoms with E-state index in [1.54, 1.807) is 13.8 Å². The van der Waals surface area contributed by atoms with Crippen LogP contribution in [0, 0.1) is 17.8 Å². The molecule has 46 heavy (non-hydrogen) atoms. The molecule has 0 radical (unpaired) electrons. The lowest BCUT2D eigenvalue weighted by atomic mass is 9.94. The molecule has 6 N–H and O–H groups in total. The van der Waals surface area contributed by atoms with Crippen LogP contribution in [0.1, 0.15) is 93.4 Å². The monoisotopic (exact) mass is 655 g/mol. The number of esters is 1. The van der Waals surface area contributed by atoms with Crippen molar-refractivity contribution in [3.05, 3.63) is 0 Å². The van der Waals surface area contributed by atoms with Gasteiger partial charge in [-0.1, -0.05) is 67.2 Å². The van der Waals surface area contributed by atoms with Crippen LogP contribution in [0.4, 0.5) is 0 Å². The highest BCUT2D eigenvalue weighted by atomic mass is 16.5. The van der Waals surface area contributed by atoms with Gasteiger partial charge in [0.25, 0.3) is 0 Å². The Morgan fingerprint density at radius 2 is 1.50 bits per heavy atom. The van der Waals surface area contributed by atoms with E-state index in [2.05, 4.69) is 28.2 Å². The second kappa shape index (κ2) is 20.1. The number of carbonyl (C=O) groups is 6. The van der Waals surface area contributed by atoms with Gasteiger partial charge in [0.1, 0.15) is 36.8 Å². The molecule has 1 saturated heterocycles. The molecule has 0 bridgehead atoms. The lowest BCUT2D eigenvalue weighted by molar-refractivity contribution is -0.157. The summed E-state index contributed by atoms with van der Waals surface area (Å²) in [5.74, 6) is -5.66. The molecule has 14 heteroatoms. The Hall–Kier alpha value is -3.26. The zero-order valence-electron chi connectivity index (χ0n) is 28.8. The summed E-state index contributed by atoms with van der Waals surface area (Å²) in [6.07, 6.45) is 2.37. The summed E-state index contributed by atoms with van der Waals surface area (Å²) in [6, 6.07) is -5.15. The maximum absolute atomic E-state index is 13.9. The number of aliphatic hydroxyl groups excluding tert-OH is 2. The smallest absolute Gasteiger partial charge is 0.325 e. The Balaban J connectivity index is 3.62. The molecule has 0 aromatic carbocycles. The number of cyclic esters (lactones) is 1. The van der Waals surface area contributed by atoms with Crippen LogP contribution in [0.3, 0.4) is 0 Å². The molecular weight excluding hydrogens is 598 g/mol. The fourth-order valence-electron chi connectivity index (χ4n) is 5.25. The molecule has 8 atom stereocenters. The van der Waals surface area contributed by atoms with Crippen molar-refractivity contribution in [2.45, 2.75) is 130 Å². The Labute approximate surface area is 273 Å². The van der Waals surface area contributed by atoms with Gasteiger partial charge in [0.05, 0.1) is 18.6 Å². The zero-order valence-corrected chi connectivity index (χ0v) is 28.8. The van der Waals surface area contributed by atoms with Crippen molar-refractivity contribution < 1.29 is 43.7 Å². The Kier molecular flexibility index (Phi) is 17.8.